The number of hydrogen-bond donors (Lipinski definition) is 3. The molecule has 0 saturated carbocycles. The van der Waals surface area contributed by atoms with Crippen LogP contribution in [0.25, 0.3) is 0 Å². The van der Waals surface area contributed by atoms with Crippen molar-refractivity contribution < 1.29 is 9.53 Å². The molecule has 0 fully saturated rings. The van der Waals surface area contributed by atoms with Crippen LogP contribution >= 0.6 is 11.6 Å². The molecule has 1 amide bonds. The molecule has 4 N–H and O–H groups in total. The molecule has 3 rings (SSSR count). The predicted octanol–water partition coefficient (Wildman–Crippen LogP) is 5.17. The van der Waals surface area contributed by atoms with Gasteiger partial charge >= 0.3 is 0 Å². The van der Waals surface area contributed by atoms with Crippen molar-refractivity contribution >= 4 is 34.6 Å². The molecule has 0 atom stereocenters. The molecule has 0 saturated heterocycles. The van der Waals surface area contributed by atoms with E-state index in [1.807, 2.05) is 36.4 Å². The SMILES string of the molecule is N#C/C(=C/Nc1ccc(Oc2ccccc2)cc1)C(=O)Nc1ccc(N)c(Cl)c1. The van der Waals surface area contributed by atoms with Gasteiger partial charge in [-0.3, -0.25) is 4.79 Å². The lowest BCUT2D eigenvalue weighted by molar-refractivity contribution is -0.112. The van der Waals surface area contributed by atoms with Crippen LogP contribution in [0, 0.1) is 11.3 Å². The maximum Gasteiger partial charge on any atom is 0.267 e. The molecule has 0 bridgehead atoms. The molecule has 0 aromatic heterocycles. The standard InChI is InChI=1S/C22H17ClN4O2/c23-20-12-17(8-11-21(20)25)27-22(28)15(13-24)14-26-16-6-9-19(10-7-16)29-18-4-2-1-3-5-18/h1-12,14,26H,25H2,(H,27,28)/b15-14-. The third kappa shape index (κ3) is 5.51. The third-order valence-electron chi connectivity index (χ3n) is 3.84. The van der Waals surface area contributed by atoms with E-state index < -0.39 is 5.91 Å². The summed E-state index contributed by atoms with van der Waals surface area (Å²) in [6.07, 6.45) is 1.33. The molecule has 7 heteroatoms. The Morgan fingerprint density at radius 2 is 1.66 bits per heavy atom. The number of ether oxygens (including phenoxy) is 1. The maximum absolute atomic E-state index is 12.3. The number of amides is 1. The molecule has 0 aliphatic heterocycles. The monoisotopic (exact) mass is 404 g/mol. The van der Waals surface area contributed by atoms with Crippen LogP contribution in [-0.2, 0) is 4.79 Å². The fourth-order valence-corrected chi connectivity index (χ4v) is 2.53. The Morgan fingerprint density at radius 3 is 2.31 bits per heavy atom. The molecule has 0 radical (unpaired) electrons. The van der Waals surface area contributed by atoms with Crippen LogP contribution in [0.3, 0.4) is 0 Å². The van der Waals surface area contributed by atoms with Crippen molar-refractivity contribution in [2.75, 3.05) is 16.4 Å². The van der Waals surface area contributed by atoms with Gasteiger partial charge in [-0.25, -0.2) is 0 Å². The first-order chi connectivity index (χ1) is 14.0. The van der Waals surface area contributed by atoms with Gasteiger partial charge in [-0.15, -0.1) is 0 Å². The van der Waals surface area contributed by atoms with Gasteiger partial charge in [0, 0.05) is 17.6 Å². The Bertz CT molecular complexity index is 1070. The van der Waals surface area contributed by atoms with Crippen LogP contribution in [-0.4, -0.2) is 5.91 Å². The number of carbonyl (C=O) groups is 1. The van der Waals surface area contributed by atoms with Crippen molar-refractivity contribution in [2.24, 2.45) is 0 Å². The van der Waals surface area contributed by atoms with Gasteiger partial charge in [0.15, 0.2) is 0 Å². The first kappa shape index (κ1) is 19.8. The van der Waals surface area contributed by atoms with Gasteiger partial charge in [0.1, 0.15) is 23.1 Å². The zero-order valence-corrected chi connectivity index (χ0v) is 16.0. The lowest BCUT2D eigenvalue weighted by atomic mass is 10.2. The Labute approximate surface area is 173 Å². The molecule has 144 valence electrons. The Balaban J connectivity index is 1.63. The third-order valence-corrected chi connectivity index (χ3v) is 4.17. The fourth-order valence-electron chi connectivity index (χ4n) is 2.35. The number of hydrogen-bond acceptors (Lipinski definition) is 5. The topological polar surface area (TPSA) is 100 Å². The minimum Gasteiger partial charge on any atom is -0.457 e. The van der Waals surface area contributed by atoms with E-state index in [9.17, 15) is 10.1 Å². The lowest BCUT2D eigenvalue weighted by Crippen LogP contribution is -2.14. The highest BCUT2D eigenvalue weighted by Crippen LogP contribution is 2.24. The number of nitrogens with two attached hydrogens (primary N) is 1. The summed E-state index contributed by atoms with van der Waals surface area (Å²) in [6, 6.07) is 23.1. The van der Waals surface area contributed by atoms with E-state index in [-0.39, 0.29) is 5.57 Å². The van der Waals surface area contributed by atoms with Gasteiger partial charge in [0.05, 0.1) is 10.7 Å². The molecule has 6 nitrogen and oxygen atoms in total. The maximum atomic E-state index is 12.3. The summed E-state index contributed by atoms with van der Waals surface area (Å²) in [5.41, 5.74) is 7.09. The van der Waals surface area contributed by atoms with Crippen molar-refractivity contribution in [3.8, 4) is 17.6 Å². The number of nitrogen functional groups attached to an aromatic ring is 1. The fraction of sp³-hybridized carbons (Fsp3) is 0. The van der Waals surface area contributed by atoms with Crippen molar-refractivity contribution in [3.63, 3.8) is 0 Å². The lowest BCUT2D eigenvalue weighted by Gasteiger charge is -2.08. The van der Waals surface area contributed by atoms with Crippen molar-refractivity contribution in [1.29, 1.82) is 5.26 Å². The number of nitriles is 1. The van der Waals surface area contributed by atoms with Crippen LogP contribution in [0.5, 0.6) is 11.5 Å². The van der Waals surface area contributed by atoms with Crippen LogP contribution in [0.2, 0.25) is 5.02 Å². The average Bonchev–Trinajstić information content (AvgIpc) is 2.73. The van der Waals surface area contributed by atoms with Gasteiger partial charge in [-0.2, -0.15) is 5.26 Å². The molecule has 3 aromatic rings. The van der Waals surface area contributed by atoms with Crippen LogP contribution in [0.15, 0.2) is 84.6 Å². The summed E-state index contributed by atoms with van der Waals surface area (Å²) in [7, 11) is 0. The highest BCUT2D eigenvalue weighted by molar-refractivity contribution is 6.33. The normalized spacial score (nSPS) is 10.7. The molecular weight excluding hydrogens is 388 g/mol. The number of nitrogens with one attached hydrogen (secondary N) is 2. The van der Waals surface area contributed by atoms with Gasteiger partial charge in [0.25, 0.3) is 5.91 Å². The largest absolute Gasteiger partial charge is 0.457 e. The molecule has 29 heavy (non-hydrogen) atoms. The van der Waals surface area contributed by atoms with E-state index in [0.717, 1.165) is 5.75 Å². The number of rotatable bonds is 6. The molecule has 0 spiro atoms. The van der Waals surface area contributed by atoms with E-state index in [1.54, 1.807) is 36.4 Å². The predicted molar refractivity (Wildman–Crippen MR) is 115 cm³/mol. The van der Waals surface area contributed by atoms with E-state index in [4.69, 9.17) is 22.1 Å². The van der Waals surface area contributed by atoms with Gasteiger partial charge in [-0.05, 0) is 54.6 Å². The summed E-state index contributed by atoms with van der Waals surface area (Å²) in [4.78, 5) is 12.3. The number of anilines is 3. The summed E-state index contributed by atoms with van der Waals surface area (Å²) in [5, 5.41) is 15.1. The summed E-state index contributed by atoms with van der Waals surface area (Å²) in [6.45, 7) is 0. The minimum atomic E-state index is -0.565. The number of carbonyl (C=O) groups excluding carboxylic acids is 1. The van der Waals surface area contributed by atoms with Crippen molar-refractivity contribution in [1.82, 2.24) is 0 Å². The Morgan fingerprint density at radius 1 is 1.00 bits per heavy atom. The van der Waals surface area contributed by atoms with Gasteiger partial charge < -0.3 is 21.1 Å². The number of nitrogens with zero attached hydrogens (tertiary/aromatic N) is 1. The second-order valence-electron chi connectivity index (χ2n) is 5.94. The second-order valence-corrected chi connectivity index (χ2v) is 6.35. The highest BCUT2D eigenvalue weighted by Gasteiger charge is 2.10. The number of para-hydroxylation sites is 1. The first-order valence-corrected chi connectivity index (χ1v) is 8.99. The average molecular weight is 405 g/mol. The molecule has 0 heterocycles. The molecule has 3 aromatic carbocycles. The quantitative estimate of drug-likeness (QED) is 0.299. The number of benzene rings is 3. The molecule has 0 aliphatic rings. The van der Waals surface area contributed by atoms with Crippen molar-refractivity contribution in [3.05, 3.63) is 89.6 Å². The zero-order valence-electron chi connectivity index (χ0n) is 15.2. The Kier molecular flexibility index (Phi) is 6.36. The summed E-state index contributed by atoms with van der Waals surface area (Å²) < 4.78 is 5.72. The Hall–Kier alpha value is -3.95. The molecule has 0 aliphatic carbocycles. The van der Waals surface area contributed by atoms with Gasteiger partial charge in [0.2, 0.25) is 0 Å². The van der Waals surface area contributed by atoms with E-state index in [2.05, 4.69) is 10.6 Å². The molecular formula is C22H17ClN4O2. The second kappa shape index (κ2) is 9.31. The summed E-state index contributed by atoms with van der Waals surface area (Å²) in [5.74, 6) is 0.841. The van der Waals surface area contributed by atoms with Crippen LogP contribution in [0.4, 0.5) is 17.1 Å². The van der Waals surface area contributed by atoms with E-state index >= 15 is 0 Å². The van der Waals surface area contributed by atoms with E-state index in [0.29, 0.717) is 27.8 Å². The zero-order chi connectivity index (χ0) is 20.6. The highest BCUT2D eigenvalue weighted by atomic mass is 35.5. The van der Waals surface area contributed by atoms with Crippen molar-refractivity contribution in [2.45, 2.75) is 0 Å². The van der Waals surface area contributed by atoms with Crippen LogP contribution < -0.4 is 21.1 Å². The first-order valence-electron chi connectivity index (χ1n) is 8.61. The minimum absolute atomic E-state index is 0.0949. The van der Waals surface area contributed by atoms with Gasteiger partial charge in [-0.1, -0.05) is 29.8 Å². The van der Waals surface area contributed by atoms with Crippen LogP contribution in [0.1, 0.15) is 0 Å². The van der Waals surface area contributed by atoms with E-state index in [1.165, 1.54) is 12.3 Å². The molecule has 0 unspecified atom stereocenters. The summed E-state index contributed by atoms with van der Waals surface area (Å²) >= 11 is 5.94. The number of halogens is 1. The smallest absolute Gasteiger partial charge is 0.267 e.